The highest BCUT2D eigenvalue weighted by Crippen LogP contribution is 2.38. The summed E-state index contributed by atoms with van der Waals surface area (Å²) in [5.74, 6) is -0.744. The molecule has 0 fully saturated rings. The number of rotatable bonds is 3. The average molecular weight is 219 g/mol. The largest absolute Gasteiger partial charge is 0.488 e. The van der Waals surface area contributed by atoms with Crippen LogP contribution in [-0.2, 0) is 0 Å². The molecule has 0 aliphatic carbocycles. The minimum atomic E-state index is -3.01. The van der Waals surface area contributed by atoms with E-state index in [0.29, 0.717) is 6.20 Å². The lowest BCUT2D eigenvalue weighted by atomic mass is 10.2. The van der Waals surface area contributed by atoms with Gasteiger partial charge in [0.1, 0.15) is 5.56 Å². The van der Waals surface area contributed by atoms with Crippen molar-refractivity contribution in [2.45, 2.75) is 6.43 Å². The zero-order valence-corrected chi connectivity index (χ0v) is 7.61. The maximum absolute atomic E-state index is 12.4. The SMILES string of the molecule is COc1c(N)ncc(C(F)F)c1[N+](=O)[O-]. The number of ether oxygens (including phenoxy) is 1. The monoisotopic (exact) mass is 219 g/mol. The fraction of sp³-hybridized carbons (Fsp3) is 0.286. The van der Waals surface area contributed by atoms with Crippen molar-refractivity contribution in [3.05, 3.63) is 21.9 Å². The normalized spacial score (nSPS) is 10.4. The van der Waals surface area contributed by atoms with E-state index in [0.717, 1.165) is 7.11 Å². The fourth-order valence-corrected chi connectivity index (χ4v) is 1.06. The second kappa shape index (κ2) is 4.03. The molecule has 6 nitrogen and oxygen atoms in total. The van der Waals surface area contributed by atoms with Gasteiger partial charge in [0.05, 0.1) is 12.0 Å². The molecule has 0 saturated carbocycles. The Hall–Kier alpha value is -1.99. The topological polar surface area (TPSA) is 91.3 Å². The second-order valence-electron chi connectivity index (χ2n) is 2.54. The van der Waals surface area contributed by atoms with E-state index >= 15 is 0 Å². The van der Waals surface area contributed by atoms with E-state index in [1.165, 1.54) is 0 Å². The molecule has 1 aromatic heterocycles. The third kappa shape index (κ3) is 1.92. The highest BCUT2D eigenvalue weighted by molar-refractivity contribution is 5.63. The summed E-state index contributed by atoms with van der Waals surface area (Å²) in [6.45, 7) is 0. The number of nitro groups is 1. The summed E-state index contributed by atoms with van der Waals surface area (Å²) < 4.78 is 29.4. The molecule has 15 heavy (non-hydrogen) atoms. The third-order valence-electron chi connectivity index (χ3n) is 1.69. The molecule has 1 aromatic rings. The summed E-state index contributed by atoms with van der Waals surface area (Å²) in [6.07, 6.45) is -2.34. The Kier molecular flexibility index (Phi) is 2.98. The van der Waals surface area contributed by atoms with Gasteiger partial charge in [-0.1, -0.05) is 0 Å². The van der Waals surface area contributed by atoms with Crippen LogP contribution in [-0.4, -0.2) is 17.0 Å². The second-order valence-corrected chi connectivity index (χ2v) is 2.54. The van der Waals surface area contributed by atoms with Crippen LogP contribution >= 0.6 is 0 Å². The van der Waals surface area contributed by atoms with Crippen LogP contribution < -0.4 is 10.5 Å². The molecular weight excluding hydrogens is 212 g/mol. The summed E-state index contributed by atoms with van der Waals surface area (Å²) in [6, 6.07) is 0. The molecule has 0 saturated heterocycles. The molecule has 82 valence electrons. The quantitative estimate of drug-likeness (QED) is 0.614. The number of alkyl halides is 2. The maximum atomic E-state index is 12.4. The molecule has 0 radical (unpaired) electrons. The Bertz CT molecular complexity index is 397. The van der Waals surface area contributed by atoms with E-state index in [-0.39, 0.29) is 5.82 Å². The molecule has 0 bridgehead atoms. The molecule has 2 N–H and O–H groups in total. The predicted molar refractivity (Wildman–Crippen MR) is 46.8 cm³/mol. The van der Waals surface area contributed by atoms with Gasteiger partial charge in [-0.15, -0.1) is 0 Å². The minimum absolute atomic E-state index is 0.298. The zero-order valence-electron chi connectivity index (χ0n) is 7.61. The van der Waals surface area contributed by atoms with Gasteiger partial charge >= 0.3 is 5.69 Å². The third-order valence-corrected chi connectivity index (χ3v) is 1.69. The number of hydrogen-bond acceptors (Lipinski definition) is 5. The van der Waals surface area contributed by atoms with Crippen LogP contribution in [0.25, 0.3) is 0 Å². The molecule has 0 amide bonds. The van der Waals surface area contributed by atoms with E-state index < -0.39 is 28.3 Å². The van der Waals surface area contributed by atoms with E-state index in [1.807, 2.05) is 0 Å². The van der Waals surface area contributed by atoms with Crippen molar-refractivity contribution in [2.24, 2.45) is 0 Å². The average Bonchev–Trinajstić information content (AvgIpc) is 2.16. The van der Waals surface area contributed by atoms with Gasteiger partial charge in [0.2, 0.25) is 5.75 Å². The van der Waals surface area contributed by atoms with Crippen LogP contribution in [0.2, 0.25) is 0 Å². The number of anilines is 1. The maximum Gasteiger partial charge on any atom is 0.325 e. The number of aromatic nitrogens is 1. The van der Waals surface area contributed by atoms with Gasteiger partial charge in [0.25, 0.3) is 6.43 Å². The van der Waals surface area contributed by atoms with Gasteiger partial charge in [-0.25, -0.2) is 13.8 Å². The highest BCUT2D eigenvalue weighted by Gasteiger charge is 2.29. The van der Waals surface area contributed by atoms with Crippen LogP contribution in [0.1, 0.15) is 12.0 Å². The summed E-state index contributed by atoms with van der Waals surface area (Å²) >= 11 is 0. The lowest BCUT2D eigenvalue weighted by molar-refractivity contribution is -0.387. The van der Waals surface area contributed by atoms with Crippen LogP contribution in [0.5, 0.6) is 5.75 Å². The molecule has 0 aromatic carbocycles. The first-order valence-electron chi connectivity index (χ1n) is 3.74. The Labute approximate surface area is 82.8 Å². The molecular formula is C7H7F2N3O3. The van der Waals surface area contributed by atoms with Gasteiger partial charge < -0.3 is 10.5 Å². The van der Waals surface area contributed by atoms with Crippen molar-refractivity contribution < 1.29 is 18.4 Å². The summed E-state index contributed by atoms with van der Waals surface area (Å²) in [5, 5.41) is 10.6. The van der Waals surface area contributed by atoms with Crippen LogP contribution in [0.4, 0.5) is 20.3 Å². The Morgan fingerprint density at radius 3 is 2.67 bits per heavy atom. The minimum Gasteiger partial charge on any atom is -0.488 e. The van der Waals surface area contributed by atoms with Crippen LogP contribution in [0.3, 0.4) is 0 Å². The summed E-state index contributed by atoms with van der Waals surface area (Å²) in [5.41, 5.74) is 3.59. The van der Waals surface area contributed by atoms with Crippen molar-refractivity contribution in [2.75, 3.05) is 12.8 Å². The first-order valence-corrected chi connectivity index (χ1v) is 3.74. The van der Waals surface area contributed by atoms with E-state index in [9.17, 15) is 18.9 Å². The number of hydrogen-bond donors (Lipinski definition) is 1. The number of halogens is 2. The molecule has 0 aliphatic rings. The van der Waals surface area contributed by atoms with E-state index in [4.69, 9.17) is 5.73 Å². The zero-order chi connectivity index (χ0) is 11.6. The van der Waals surface area contributed by atoms with E-state index in [2.05, 4.69) is 9.72 Å². The van der Waals surface area contributed by atoms with Crippen molar-refractivity contribution in [1.82, 2.24) is 4.98 Å². The lowest BCUT2D eigenvalue weighted by Gasteiger charge is -2.07. The summed E-state index contributed by atoms with van der Waals surface area (Å²) in [4.78, 5) is 13.0. The predicted octanol–water partition coefficient (Wildman–Crippen LogP) is 1.52. The molecule has 1 rings (SSSR count). The number of nitrogens with two attached hydrogens (primary N) is 1. The van der Waals surface area contributed by atoms with Gasteiger partial charge in [0.15, 0.2) is 5.82 Å². The van der Waals surface area contributed by atoms with Gasteiger partial charge in [0, 0.05) is 6.20 Å². The van der Waals surface area contributed by atoms with Gasteiger partial charge in [-0.05, 0) is 0 Å². The Morgan fingerprint density at radius 2 is 2.27 bits per heavy atom. The summed E-state index contributed by atoms with van der Waals surface area (Å²) in [7, 11) is 1.09. The van der Waals surface area contributed by atoms with Crippen molar-refractivity contribution >= 4 is 11.5 Å². The first-order chi connectivity index (χ1) is 6.99. The standard InChI is InChI=1S/C7H7F2N3O3/c1-15-5-4(12(13)14)3(6(8)9)2-11-7(5)10/h2,6H,1H3,(H2,10,11). The van der Waals surface area contributed by atoms with Crippen molar-refractivity contribution in [1.29, 1.82) is 0 Å². The molecule has 1 heterocycles. The Balaban J connectivity index is 3.49. The number of pyridine rings is 1. The number of nitrogens with zero attached hydrogens (tertiary/aromatic N) is 2. The fourth-order valence-electron chi connectivity index (χ4n) is 1.06. The molecule has 0 atom stereocenters. The van der Waals surface area contributed by atoms with Crippen molar-refractivity contribution in [3.63, 3.8) is 0 Å². The lowest BCUT2D eigenvalue weighted by Crippen LogP contribution is -2.04. The molecule has 0 aliphatic heterocycles. The van der Waals surface area contributed by atoms with Gasteiger partial charge in [-0.3, -0.25) is 10.1 Å². The number of methoxy groups -OCH3 is 1. The highest BCUT2D eigenvalue weighted by atomic mass is 19.3. The van der Waals surface area contributed by atoms with Crippen molar-refractivity contribution in [3.8, 4) is 5.75 Å². The molecule has 0 unspecified atom stereocenters. The van der Waals surface area contributed by atoms with Crippen LogP contribution in [0.15, 0.2) is 6.20 Å². The number of nitrogen functional groups attached to an aromatic ring is 1. The van der Waals surface area contributed by atoms with Crippen LogP contribution in [0, 0.1) is 10.1 Å². The smallest absolute Gasteiger partial charge is 0.325 e. The first kappa shape index (κ1) is 11.1. The molecule has 0 spiro atoms. The molecule has 8 heteroatoms. The Morgan fingerprint density at radius 1 is 1.67 bits per heavy atom. The van der Waals surface area contributed by atoms with E-state index in [1.54, 1.807) is 0 Å². The van der Waals surface area contributed by atoms with Gasteiger partial charge in [-0.2, -0.15) is 0 Å².